The third kappa shape index (κ3) is 3.44. The van der Waals surface area contributed by atoms with Crippen LogP contribution in [0.15, 0.2) is 24.5 Å². The molecule has 5 heteroatoms. The van der Waals surface area contributed by atoms with Crippen LogP contribution in [0.5, 0.6) is 0 Å². The van der Waals surface area contributed by atoms with Gasteiger partial charge in [0, 0.05) is 36.1 Å². The first-order chi connectivity index (χ1) is 9.50. The third-order valence-electron chi connectivity index (χ3n) is 3.74. The van der Waals surface area contributed by atoms with Gasteiger partial charge in [-0.3, -0.25) is 9.78 Å². The lowest BCUT2D eigenvalue weighted by atomic mass is 9.70. The Kier molecular flexibility index (Phi) is 4.17. The highest BCUT2D eigenvalue weighted by molar-refractivity contribution is 5.98. The smallest absolute Gasteiger partial charge is 0.328 e. The molecule has 1 aromatic heterocycles. The Bertz CT molecular complexity index is 548. The molecule has 0 aliphatic heterocycles. The van der Waals surface area contributed by atoms with Crippen LogP contribution >= 0.6 is 0 Å². The summed E-state index contributed by atoms with van der Waals surface area (Å²) in [6, 6.07) is 1.60. The third-order valence-corrected chi connectivity index (χ3v) is 3.74. The van der Waals surface area contributed by atoms with Crippen LogP contribution in [0, 0.1) is 5.41 Å². The van der Waals surface area contributed by atoms with Crippen LogP contribution in [0.1, 0.15) is 42.1 Å². The molecule has 0 spiro atoms. The van der Waals surface area contributed by atoms with Crippen LogP contribution in [0.2, 0.25) is 0 Å². The number of aromatic nitrogens is 1. The van der Waals surface area contributed by atoms with Crippen LogP contribution in [0.25, 0.3) is 6.08 Å². The molecule has 1 aliphatic rings. The van der Waals surface area contributed by atoms with E-state index in [1.165, 1.54) is 24.9 Å². The summed E-state index contributed by atoms with van der Waals surface area (Å²) in [5.41, 5.74) is 1.16. The largest absolute Gasteiger partial charge is 0.478 e. The molecule has 1 aromatic rings. The molecule has 0 unspecified atom stereocenters. The van der Waals surface area contributed by atoms with Crippen molar-refractivity contribution in [1.29, 1.82) is 0 Å². The van der Waals surface area contributed by atoms with Crippen molar-refractivity contribution >= 4 is 18.0 Å². The number of carboxylic acid groups (broad SMARTS) is 1. The molecule has 1 fully saturated rings. The van der Waals surface area contributed by atoms with E-state index >= 15 is 0 Å². The topological polar surface area (TPSA) is 79.3 Å². The van der Waals surface area contributed by atoms with Gasteiger partial charge in [-0.1, -0.05) is 13.3 Å². The summed E-state index contributed by atoms with van der Waals surface area (Å²) in [5, 5.41) is 11.6. The molecule has 20 heavy (non-hydrogen) atoms. The average molecular weight is 274 g/mol. The lowest BCUT2D eigenvalue weighted by molar-refractivity contribution is -0.131. The SMILES string of the molecule is CC1(CNC(=O)c2ccncc2/C=C/C(=O)O)CCC1. The maximum Gasteiger partial charge on any atom is 0.328 e. The maximum atomic E-state index is 12.2. The quantitative estimate of drug-likeness (QED) is 0.806. The second-order valence-electron chi connectivity index (χ2n) is 5.48. The Morgan fingerprint density at radius 3 is 2.85 bits per heavy atom. The zero-order valence-electron chi connectivity index (χ0n) is 11.4. The highest BCUT2D eigenvalue weighted by Gasteiger charge is 2.32. The number of amides is 1. The predicted molar refractivity (Wildman–Crippen MR) is 75.2 cm³/mol. The molecule has 0 atom stereocenters. The predicted octanol–water partition coefficient (Wildman–Crippen LogP) is 2.10. The van der Waals surface area contributed by atoms with Gasteiger partial charge < -0.3 is 10.4 Å². The number of carboxylic acids is 1. The number of carbonyl (C=O) groups excluding carboxylic acids is 1. The monoisotopic (exact) mass is 274 g/mol. The summed E-state index contributed by atoms with van der Waals surface area (Å²) in [6.45, 7) is 2.81. The summed E-state index contributed by atoms with van der Waals surface area (Å²) >= 11 is 0. The number of pyridine rings is 1. The molecule has 2 N–H and O–H groups in total. The van der Waals surface area contributed by atoms with Crippen LogP contribution in [-0.4, -0.2) is 28.5 Å². The van der Waals surface area contributed by atoms with Gasteiger partial charge in [0.1, 0.15) is 0 Å². The maximum absolute atomic E-state index is 12.2. The van der Waals surface area contributed by atoms with E-state index < -0.39 is 5.97 Å². The van der Waals surface area contributed by atoms with E-state index in [4.69, 9.17) is 5.11 Å². The summed E-state index contributed by atoms with van der Waals surface area (Å²) in [4.78, 5) is 26.6. The van der Waals surface area contributed by atoms with Gasteiger partial charge >= 0.3 is 5.97 Å². The van der Waals surface area contributed by atoms with Crippen LogP contribution in [0.3, 0.4) is 0 Å². The molecule has 0 saturated heterocycles. The number of nitrogens with one attached hydrogen (secondary N) is 1. The first-order valence-corrected chi connectivity index (χ1v) is 6.63. The van der Waals surface area contributed by atoms with Gasteiger partial charge in [0.25, 0.3) is 5.91 Å². The minimum Gasteiger partial charge on any atom is -0.478 e. The standard InChI is InChI=1S/C15H18N2O3/c1-15(6-2-7-15)10-17-14(20)12-5-8-16-9-11(12)3-4-13(18)19/h3-5,8-9H,2,6-7,10H2,1H3,(H,17,20)(H,18,19)/b4-3+. The Hall–Kier alpha value is -2.17. The molecule has 1 saturated carbocycles. The van der Waals surface area contributed by atoms with E-state index in [0.29, 0.717) is 17.7 Å². The molecule has 0 aromatic carbocycles. The highest BCUT2D eigenvalue weighted by Crippen LogP contribution is 2.39. The van der Waals surface area contributed by atoms with Crippen molar-refractivity contribution in [3.8, 4) is 0 Å². The van der Waals surface area contributed by atoms with Gasteiger partial charge in [-0.15, -0.1) is 0 Å². The van der Waals surface area contributed by atoms with Gasteiger partial charge in [0.05, 0.1) is 0 Å². The van der Waals surface area contributed by atoms with E-state index in [2.05, 4.69) is 17.2 Å². The number of hydrogen-bond acceptors (Lipinski definition) is 3. The van der Waals surface area contributed by atoms with Crippen molar-refractivity contribution in [1.82, 2.24) is 10.3 Å². The molecule has 0 radical (unpaired) electrons. The van der Waals surface area contributed by atoms with Crippen LogP contribution in [0.4, 0.5) is 0 Å². The van der Waals surface area contributed by atoms with Crippen molar-refractivity contribution in [2.45, 2.75) is 26.2 Å². The Labute approximate surface area is 117 Å². The Morgan fingerprint density at radius 1 is 1.50 bits per heavy atom. The second-order valence-corrected chi connectivity index (χ2v) is 5.48. The number of hydrogen-bond donors (Lipinski definition) is 2. The lowest BCUT2D eigenvalue weighted by Crippen LogP contribution is -2.40. The highest BCUT2D eigenvalue weighted by atomic mass is 16.4. The Balaban J connectivity index is 2.07. The van der Waals surface area contributed by atoms with Gasteiger partial charge in [-0.2, -0.15) is 0 Å². The normalized spacial score (nSPS) is 16.6. The van der Waals surface area contributed by atoms with Crippen molar-refractivity contribution in [3.05, 3.63) is 35.7 Å². The summed E-state index contributed by atoms with van der Waals surface area (Å²) in [7, 11) is 0. The van der Waals surface area contributed by atoms with Gasteiger partial charge in [-0.05, 0) is 30.4 Å². The molecular formula is C15H18N2O3. The first-order valence-electron chi connectivity index (χ1n) is 6.63. The molecular weight excluding hydrogens is 256 g/mol. The number of aliphatic carboxylic acids is 1. The number of carbonyl (C=O) groups is 2. The fourth-order valence-electron chi connectivity index (χ4n) is 2.25. The van der Waals surface area contributed by atoms with Gasteiger partial charge in [0.15, 0.2) is 0 Å². The van der Waals surface area contributed by atoms with Crippen LogP contribution in [-0.2, 0) is 4.79 Å². The van der Waals surface area contributed by atoms with Crippen molar-refractivity contribution in [2.75, 3.05) is 6.54 Å². The van der Waals surface area contributed by atoms with Crippen molar-refractivity contribution < 1.29 is 14.7 Å². The molecule has 1 amide bonds. The fourth-order valence-corrected chi connectivity index (χ4v) is 2.25. The van der Waals surface area contributed by atoms with E-state index in [1.54, 1.807) is 6.07 Å². The average Bonchev–Trinajstić information content (AvgIpc) is 2.40. The summed E-state index contributed by atoms with van der Waals surface area (Å²) in [6.07, 6.45) is 8.88. The van der Waals surface area contributed by atoms with Crippen molar-refractivity contribution in [3.63, 3.8) is 0 Å². The molecule has 5 nitrogen and oxygen atoms in total. The molecule has 1 heterocycles. The zero-order valence-corrected chi connectivity index (χ0v) is 11.4. The minimum atomic E-state index is -1.05. The van der Waals surface area contributed by atoms with Crippen molar-refractivity contribution in [2.24, 2.45) is 5.41 Å². The molecule has 0 bridgehead atoms. The Morgan fingerprint density at radius 2 is 2.25 bits per heavy atom. The number of nitrogens with zero attached hydrogens (tertiary/aromatic N) is 1. The van der Waals surface area contributed by atoms with E-state index in [1.807, 2.05) is 0 Å². The minimum absolute atomic E-state index is 0.189. The molecule has 106 valence electrons. The summed E-state index contributed by atoms with van der Waals surface area (Å²) < 4.78 is 0. The van der Waals surface area contributed by atoms with E-state index in [-0.39, 0.29) is 11.3 Å². The zero-order chi connectivity index (χ0) is 14.6. The second kappa shape index (κ2) is 5.86. The fraction of sp³-hybridized carbons (Fsp3) is 0.400. The van der Waals surface area contributed by atoms with Gasteiger partial charge in [-0.25, -0.2) is 4.79 Å². The molecule has 2 rings (SSSR count). The lowest BCUT2D eigenvalue weighted by Gasteiger charge is -2.38. The first kappa shape index (κ1) is 14.2. The van der Waals surface area contributed by atoms with Gasteiger partial charge in [0.2, 0.25) is 0 Å². The van der Waals surface area contributed by atoms with E-state index in [0.717, 1.165) is 18.9 Å². The van der Waals surface area contributed by atoms with E-state index in [9.17, 15) is 9.59 Å². The molecule has 1 aliphatic carbocycles. The summed E-state index contributed by atoms with van der Waals surface area (Å²) in [5.74, 6) is -1.24. The van der Waals surface area contributed by atoms with Crippen LogP contribution < -0.4 is 5.32 Å². The number of rotatable bonds is 5.